The summed E-state index contributed by atoms with van der Waals surface area (Å²) in [4.78, 5) is 3.97. The lowest BCUT2D eigenvalue weighted by molar-refractivity contribution is 0.266. The number of hydrogen-bond acceptors (Lipinski definition) is 5. The van der Waals surface area contributed by atoms with Gasteiger partial charge in [-0.15, -0.1) is 0 Å². The third kappa shape index (κ3) is 3.32. The molecule has 0 unspecified atom stereocenters. The van der Waals surface area contributed by atoms with Crippen LogP contribution in [0.5, 0.6) is 0 Å². The summed E-state index contributed by atoms with van der Waals surface area (Å²) < 4.78 is 25.1. The van der Waals surface area contributed by atoms with Crippen LogP contribution >= 0.6 is 11.6 Å². The first kappa shape index (κ1) is 15.2. The predicted molar refractivity (Wildman–Crippen MR) is 70.3 cm³/mol. The lowest BCUT2D eigenvalue weighted by Crippen LogP contribution is -2.29. The normalized spacial score (nSPS) is 11.8. The Morgan fingerprint density at radius 1 is 1.56 bits per heavy atom. The Kier molecular flexibility index (Phi) is 5.33. The van der Waals surface area contributed by atoms with Crippen LogP contribution < -0.4 is 5.32 Å². The molecular formula is C10H16ClN3O3S. The number of anilines is 1. The van der Waals surface area contributed by atoms with Gasteiger partial charge in [0, 0.05) is 26.3 Å². The quantitative estimate of drug-likeness (QED) is 0.810. The molecule has 0 aliphatic heterocycles. The Morgan fingerprint density at radius 3 is 2.72 bits per heavy atom. The summed E-state index contributed by atoms with van der Waals surface area (Å²) in [5, 5.41) is 11.9. The monoisotopic (exact) mass is 293 g/mol. The summed E-state index contributed by atoms with van der Waals surface area (Å²) in [6.07, 6.45) is 1.24. The molecule has 102 valence electrons. The maximum Gasteiger partial charge on any atom is 0.244 e. The number of aromatic nitrogens is 1. The lowest BCUT2D eigenvalue weighted by atomic mass is 10.4. The molecule has 0 aliphatic rings. The van der Waals surface area contributed by atoms with Gasteiger partial charge in [0.1, 0.15) is 10.7 Å². The molecule has 0 atom stereocenters. The van der Waals surface area contributed by atoms with Crippen molar-refractivity contribution in [3.05, 3.63) is 17.3 Å². The van der Waals surface area contributed by atoms with E-state index in [0.717, 1.165) is 4.31 Å². The van der Waals surface area contributed by atoms with Crippen molar-refractivity contribution < 1.29 is 13.5 Å². The second-order valence-corrected chi connectivity index (χ2v) is 6.03. The molecule has 0 saturated carbocycles. The molecule has 1 aromatic rings. The molecule has 1 heterocycles. The van der Waals surface area contributed by atoms with Gasteiger partial charge in [0.05, 0.1) is 11.6 Å². The van der Waals surface area contributed by atoms with Crippen LogP contribution in [0.25, 0.3) is 0 Å². The molecule has 0 radical (unpaired) electrons. The van der Waals surface area contributed by atoms with E-state index in [1.165, 1.54) is 19.3 Å². The van der Waals surface area contributed by atoms with Crippen molar-refractivity contribution in [2.45, 2.75) is 11.8 Å². The molecule has 1 rings (SSSR count). The van der Waals surface area contributed by atoms with Gasteiger partial charge in [-0.25, -0.2) is 13.4 Å². The minimum atomic E-state index is -3.66. The van der Waals surface area contributed by atoms with Gasteiger partial charge in [-0.05, 0) is 13.0 Å². The van der Waals surface area contributed by atoms with Crippen LogP contribution in [0.15, 0.2) is 17.2 Å². The first-order chi connectivity index (χ1) is 8.43. The number of nitrogens with one attached hydrogen (secondary N) is 1. The molecule has 0 saturated heterocycles. The summed E-state index contributed by atoms with van der Waals surface area (Å²) in [7, 11) is -2.27. The van der Waals surface area contributed by atoms with Crippen LogP contribution in [0.1, 0.15) is 6.92 Å². The Hall–Kier alpha value is -0.890. The minimum Gasteiger partial charge on any atom is -0.395 e. The van der Waals surface area contributed by atoms with Gasteiger partial charge in [-0.1, -0.05) is 11.6 Å². The van der Waals surface area contributed by atoms with Crippen molar-refractivity contribution in [3.63, 3.8) is 0 Å². The largest absolute Gasteiger partial charge is 0.395 e. The van der Waals surface area contributed by atoms with Gasteiger partial charge in [0.25, 0.3) is 0 Å². The van der Waals surface area contributed by atoms with E-state index in [-0.39, 0.29) is 23.1 Å². The number of likely N-dealkylation sites (N-methyl/N-ethyl adjacent to an activating group) is 1. The topological polar surface area (TPSA) is 82.5 Å². The average Bonchev–Trinajstić information content (AvgIpc) is 2.32. The molecule has 0 spiro atoms. The molecule has 18 heavy (non-hydrogen) atoms. The van der Waals surface area contributed by atoms with E-state index in [1.807, 2.05) is 6.92 Å². The molecule has 0 bridgehead atoms. The third-order valence-corrected chi connectivity index (χ3v) is 4.39. The van der Waals surface area contributed by atoms with E-state index in [4.69, 9.17) is 16.7 Å². The number of hydrogen-bond donors (Lipinski definition) is 2. The van der Waals surface area contributed by atoms with E-state index in [0.29, 0.717) is 12.4 Å². The van der Waals surface area contributed by atoms with Gasteiger partial charge in [-0.3, -0.25) is 0 Å². The molecule has 0 amide bonds. The van der Waals surface area contributed by atoms with Crippen molar-refractivity contribution in [3.8, 4) is 0 Å². The molecule has 0 aromatic carbocycles. The molecule has 0 fully saturated rings. The average molecular weight is 294 g/mol. The number of rotatable bonds is 6. The molecule has 6 nitrogen and oxygen atoms in total. The van der Waals surface area contributed by atoms with E-state index < -0.39 is 10.0 Å². The van der Waals surface area contributed by atoms with Crippen LogP contribution in [0, 0.1) is 0 Å². The SMILES string of the molecule is CCNc1ncc(S(=O)(=O)N(C)CCO)cc1Cl. The van der Waals surface area contributed by atoms with Gasteiger partial charge in [0.15, 0.2) is 0 Å². The number of aliphatic hydroxyl groups is 1. The van der Waals surface area contributed by atoms with Gasteiger partial charge in [-0.2, -0.15) is 4.31 Å². The molecule has 0 aliphatic carbocycles. The highest BCUT2D eigenvalue weighted by Crippen LogP contribution is 2.23. The second kappa shape index (κ2) is 6.33. The summed E-state index contributed by atoms with van der Waals surface area (Å²) in [5.74, 6) is 0.447. The van der Waals surface area contributed by atoms with Crippen molar-refractivity contribution in [2.24, 2.45) is 0 Å². The van der Waals surface area contributed by atoms with E-state index >= 15 is 0 Å². The molecule has 8 heteroatoms. The standard InChI is InChI=1S/C10H16ClN3O3S/c1-3-12-10-9(11)6-8(7-13-10)18(16,17)14(2)4-5-15/h6-7,15H,3-5H2,1-2H3,(H,12,13). The minimum absolute atomic E-state index is 0.00473. The fraction of sp³-hybridized carbons (Fsp3) is 0.500. The van der Waals surface area contributed by atoms with Crippen molar-refractivity contribution in [2.75, 3.05) is 32.1 Å². The van der Waals surface area contributed by atoms with Crippen LogP contribution in [0.2, 0.25) is 5.02 Å². The summed E-state index contributed by atoms with van der Waals surface area (Å²) in [5.41, 5.74) is 0. The third-order valence-electron chi connectivity index (χ3n) is 2.28. The van der Waals surface area contributed by atoms with Crippen LogP contribution in [-0.2, 0) is 10.0 Å². The highest BCUT2D eigenvalue weighted by Gasteiger charge is 2.21. The highest BCUT2D eigenvalue weighted by molar-refractivity contribution is 7.89. The Balaban J connectivity index is 3.07. The zero-order valence-corrected chi connectivity index (χ0v) is 11.8. The Morgan fingerprint density at radius 2 is 2.22 bits per heavy atom. The number of pyridine rings is 1. The Bertz CT molecular complexity index is 507. The van der Waals surface area contributed by atoms with Crippen molar-refractivity contribution >= 4 is 27.4 Å². The van der Waals surface area contributed by atoms with Gasteiger partial charge < -0.3 is 10.4 Å². The van der Waals surface area contributed by atoms with Gasteiger partial charge in [0.2, 0.25) is 10.0 Å². The number of aliphatic hydroxyl groups excluding tert-OH is 1. The van der Waals surface area contributed by atoms with Crippen molar-refractivity contribution in [1.82, 2.24) is 9.29 Å². The molecule has 2 N–H and O–H groups in total. The van der Waals surface area contributed by atoms with Gasteiger partial charge >= 0.3 is 0 Å². The zero-order chi connectivity index (χ0) is 13.8. The number of sulfonamides is 1. The molecular weight excluding hydrogens is 278 g/mol. The first-order valence-electron chi connectivity index (χ1n) is 5.40. The fourth-order valence-corrected chi connectivity index (χ4v) is 2.73. The Labute approximate surface area is 112 Å². The predicted octanol–water partition coefficient (Wildman–Crippen LogP) is 0.780. The maximum absolute atomic E-state index is 12.0. The lowest BCUT2D eigenvalue weighted by Gasteiger charge is -2.16. The van der Waals surface area contributed by atoms with E-state index in [9.17, 15) is 8.42 Å². The number of nitrogens with zero attached hydrogens (tertiary/aromatic N) is 2. The van der Waals surface area contributed by atoms with Crippen LogP contribution in [0.4, 0.5) is 5.82 Å². The summed E-state index contributed by atoms with van der Waals surface area (Å²) in [6, 6.07) is 1.34. The van der Waals surface area contributed by atoms with Crippen LogP contribution in [0.3, 0.4) is 0 Å². The second-order valence-electron chi connectivity index (χ2n) is 3.58. The smallest absolute Gasteiger partial charge is 0.244 e. The first-order valence-corrected chi connectivity index (χ1v) is 7.22. The molecule has 1 aromatic heterocycles. The summed E-state index contributed by atoms with van der Waals surface area (Å²) in [6.45, 7) is 2.31. The van der Waals surface area contributed by atoms with Crippen LogP contribution in [-0.4, -0.2) is 49.6 Å². The van der Waals surface area contributed by atoms with E-state index in [2.05, 4.69) is 10.3 Å². The number of halogens is 1. The highest BCUT2D eigenvalue weighted by atomic mass is 35.5. The van der Waals surface area contributed by atoms with Crippen molar-refractivity contribution in [1.29, 1.82) is 0 Å². The maximum atomic E-state index is 12.0. The zero-order valence-electron chi connectivity index (χ0n) is 10.2. The summed E-state index contributed by atoms with van der Waals surface area (Å²) >= 11 is 5.94. The van der Waals surface area contributed by atoms with E-state index in [1.54, 1.807) is 0 Å². The fourth-order valence-electron chi connectivity index (χ4n) is 1.30.